The molecule has 0 aliphatic heterocycles. The highest BCUT2D eigenvalue weighted by Crippen LogP contribution is 2.33. The predicted octanol–water partition coefficient (Wildman–Crippen LogP) is 4.26. The average Bonchev–Trinajstić information content (AvgIpc) is 2.53. The zero-order chi connectivity index (χ0) is 15.3. The first-order chi connectivity index (χ1) is 10.1. The molecular formula is C19H25NO. The third kappa shape index (κ3) is 3.45. The van der Waals surface area contributed by atoms with Crippen molar-refractivity contribution in [2.24, 2.45) is 5.73 Å². The molecular weight excluding hydrogens is 258 g/mol. The van der Waals surface area contributed by atoms with E-state index in [0.29, 0.717) is 6.61 Å². The van der Waals surface area contributed by atoms with Crippen LogP contribution in [-0.2, 0) is 12.0 Å². The first kappa shape index (κ1) is 15.6. The van der Waals surface area contributed by atoms with Gasteiger partial charge in [-0.15, -0.1) is 0 Å². The Kier molecular flexibility index (Phi) is 5.03. The molecule has 0 aliphatic rings. The minimum Gasteiger partial charge on any atom is -0.493 e. The molecule has 1 atom stereocenters. The number of aryl methyl sites for hydroxylation is 1. The van der Waals surface area contributed by atoms with Gasteiger partial charge in [0.15, 0.2) is 0 Å². The third-order valence-electron chi connectivity index (χ3n) is 3.87. The van der Waals surface area contributed by atoms with Crippen LogP contribution in [0.15, 0.2) is 48.5 Å². The van der Waals surface area contributed by atoms with Crippen LogP contribution in [0.2, 0.25) is 0 Å². The molecule has 1 unspecified atom stereocenters. The maximum Gasteiger partial charge on any atom is 0.124 e. The zero-order valence-electron chi connectivity index (χ0n) is 13.2. The van der Waals surface area contributed by atoms with E-state index in [1.807, 2.05) is 25.1 Å². The molecule has 2 heteroatoms. The van der Waals surface area contributed by atoms with E-state index < -0.39 is 5.54 Å². The van der Waals surface area contributed by atoms with Crippen molar-refractivity contribution in [2.75, 3.05) is 6.61 Å². The van der Waals surface area contributed by atoms with Crippen molar-refractivity contribution in [3.8, 4) is 5.75 Å². The van der Waals surface area contributed by atoms with Crippen LogP contribution < -0.4 is 10.5 Å². The molecule has 0 aromatic heterocycles. The van der Waals surface area contributed by atoms with Gasteiger partial charge >= 0.3 is 0 Å². The van der Waals surface area contributed by atoms with Crippen molar-refractivity contribution in [2.45, 2.75) is 39.2 Å². The Morgan fingerprint density at radius 3 is 2.29 bits per heavy atom. The second-order valence-electron chi connectivity index (χ2n) is 5.60. The lowest BCUT2D eigenvalue weighted by atomic mass is 9.84. The molecule has 2 aromatic rings. The molecule has 2 nitrogen and oxygen atoms in total. The molecule has 0 saturated heterocycles. The lowest BCUT2D eigenvalue weighted by Gasteiger charge is -2.28. The van der Waals surface area contributed by atoms with Crippen molar-refractivity contribution in [1.29, 1.82) is 0 Å². The van der Waals surface area contributed by atoms with Gasteiger partial charge in [-0.2, -0.15) is 0 Å². The van der Waals surface area contributed by atoms with Crippen molar-refractivity contribution in [3.63, 3.8) is 0 Å². The monoisotopic (exact) mass is 283 g/mol. The van der Waals surface area contributed by atoms with Gasteiger partial charge in [0.2, 0.25) is 0 Å². The van der Waals surface area contributed by atoms with Gasteiger partial charge in [0.25, 0.3) is 0 Å². The summed E-state index contributed by atoms with van der Waals surface area (Å²) >= 11 is 0. The van der Waals surface area contributed by atoms with Gasteiger partial charge < -0.3 is 10.5 Å². The quantitative estimate of drug-likeness (QED) is 0.859. The molecule has 0 heterocycles. The molecule has 2 aromatic carbocycles. The Morgan fingerprint density at radius 1 is 1.00 bits per heavy atom. The third-order valence-corrected chi connectivity index (χ3v) is 3.87. The van der Waals surface area contributed by atoms with Gasteiger partial charge in [-0.3, -0.25) is 0 Å². The van der Waals surface area contributed by atoms with Crippen molar-refractivity contribution < 1.29 is 4.74 Å². The molecule has 0 spiro atoms. The van der Waals surface area contributed by atoms with Gasteiger partial charge in [0.05, 0.1) is 12.1 Å². The molecule has 21 heavy (non-hydrogen) atoms. The summed E-state index contributed by atoms with van der Waals surface area (Å²) in [6, 6.07) is 16.6. The summed E-state index contributed by atoms with van der Waals surface area (Å²) in [5, 5.41) is 0. The summed E-state index contributed by atoms with van der Waals surface area (Å²) in [7, 11) is 0. The fourth-order valence-corrected chi connectivity index (χ4v) is 2.48. The van der Waals surface area contributed by atoms with Gasteiger partial charge in [0.1, 0.15) is 5.75 Å². The van der Waals surface area contributed by atoms with Crippen molar-refractivity contribution in [1.82, 2.24) is 0 Å². The second-order valence-corrected chi connectivity index (χ2v) is 5.60. The van der Waals surface area contributed by atoms with Crippen LogP contribution in [-0.4, -0.2) is 6.61 Å². The van der Waals surface area contributed by atoms with Crippen molar-refractivity contribution in [3.05, 3.63) is 65.2 Å². The second kappa shape index (κ2) is 6.77. The van der Waals surface area contributed by atoms with Crippen LogP contribution >= 0.6 is 0 Å². The molecule has 0 amide bonds. The first-order valence-corrected chi connectivity index (χ1v) is 7.70. The summed E-state index contributed by atoms with van der Waals surface area (Å²) in [6.07, 6.45) is 2.03. The molecule has 0 radical (unpaired) electrons. The van der Waals surface area contributed by atoms with E-state index in [0.717, 1.165) is 29.7 Å². The number of rotatable bonds is 6. The fourth-order valence-electron chi connectivity index (χ4n) is 2.48. The number of nitrogens with two attached hydrogens (primary N) is 1. The van der Waals surface area contributed by atoms with E-state index in [2.05, 4.69) is 44.2 Å². The summed E-state index contributed by atoms with van der Waals surface area (Å²) in [4.78, 5) is 0. The standard InChI is InChI=1S/C19H25NO/c1-4-14-21-18-9-7-6-8-17(18)19(3,20)16-12-10-15(5-2)11-13-16/h6-13H,4-5,14,20H2,1-3H3. The predicted molar refractivity (Wildman–Crippen MR) is 88.7 cm³/mol. The highest BCUT2D eigenvalue weighted by atomic mass is 16.5. The largest absolute Gasteiger partial charge is 0.493 e. The van der Waals surface area contributed by atoms with E-state index in [1.165, 1.54) is 5.56 Å². The topological polar surface area (TPSA) is 35.2 Å². The number of benzene rings is 2. The van der Waals surface area contributed by atoms with Crippen LogP contribution in [0.1, 0.15) is 43.9 Å². The number of para-hydroxylation sites is 1. The SMILES string of the molecule is CCCOc1ccccc1C(C)(N)c1ccc(CC)cc1. The minimum absolute atomic E-state index is 0.559. The van der Waals surface area contributed by atoms with Crippen LogP contribution in [0.25, 0.3) is 0 Å². The molecule has 0 saturated carbocycles. The molecule has 112 valence electrons. The Hall–Kier alpha value is -1.80. The summed E-state index contributed by atoms with van der Waals surface area (Å²) in [5.41, 5.74) is 9.54. The Balaban J connectivity index is 2.37. The van der Waals surface area contributed by atoms with Crippen LogP contribution in [0.4, 0.5) is 0 Å². The molecule has 0 aliphatic carbocycles. The lowest BCUT2D eigenvalue weighted by Crippen LogP contribution is -2.34. The normalized spacial score (nSPS) is 13.7. The number of hydrogen-bond acceptors (Lipinski definition) is 2. The van der Waals surface area contributed by atoms with Gasteiger partial charge in [-0.1, -0.05) is 56.3 Å². The molecule has 2 N–H and O–H groups in total. The Labute approximate surface area is 127 Å². The van der Waals surface area contributed by atoms with Gasteiger partial charge in [0, 0.05) is 5.56 Å². The highest BCUT2D eigenvalue weighted by molar-refractivity contribution is 5.45. The van der Waals surface area contributed by atoms with Crippen LogP contribution in [0.5, 0.6) is 5.75 Å². The highest BCUT2D eigenvalue weighted by Gasteiger charge is 2.27. The molecule has 0 bridgehead atoms. The maximum absolute atomic E-state index is 6.64. The molecule has 2 rings (SSSR count). The van der Waals surface area contributed by atoms with Crippen molar-refractivity contribution >= 4 is 0 Å². The van der Waals surface area contributed by atoms with Crippen LogP contribution in [0, 0.1) is 0 Å². The Morgan fingerprint density at radius 2 is 1.67 bits per heavy atom. The fraction of sp³-hybridized carbons (Fsp3) is 0.368. The molecule has 0 fully saturated rings. The first-order valence-electron chi connectivity index (χ1n) is 7.70. The zero-order valence-corrected chi connectivity index (χ0v) is 13.2. The summed E-state index contributed by atoms with van der Waals surface area (Å²) < 4.78 is 5.86. The van der Waals surface area contributed by atoms with E-state index in [1.54, 1.807) is 0 Å². The summed E-state index contributed by atoms with van der Waals surface area (Å²) in [6.45, 7) is 7.02. The minimum atomic E-state index is -0.559. The van der Waals surface area contributed by atoms with E-state index >= 15 is 0 Å². The number of hydrogen-bond donors (Lipinski definition) is 1. The lowest BCUT2D eigenvalue weighted by molar-refractivity contribution is 0.309. The van der Waals surface area contributed by atoms with Gasteiger partial charge in [-0.25, -0.2) is 0 Å². The average molecular weight is 283 g/mol. The van der Waals surface area contributed by atoms with Gasteiger partial charge in [-0.05, 0) is 37.0 Å². The smallest absolute Gasteiger partial charge is 0.124 e. The Bertz CT molecular complexity index is 572. The van der Waals surface area contributed by atoms with E-state index in [4.69, 9.17) is 10.5 Å². The number of ether oxygens (including phenoxy) is 1. The van der Waals surface area contributed by atoms with E-state index in [-0.39, 0.29) is 0 Å². The van der Waals surface area contributed by atoms with Crippen LogP contribution in [0.3, 0.4) is 0 Å². The summed E-state index contributed by atoms with van der Waals surface area (Å²) in [5.74, 6) is 0.879. The van der Waals surface area contributed by atoms with E-state index in [9.17, 15) is 0 Å². The maximum atomic E-state index is 6.64.